The summed E-state index contributed by atoms with van der Waals surface area (Å²) < 4.78 is 23.1. The SMILES string of the molecule is CCS(=O)(=O)CCN1C(=O)C2CCCN2C(=O)C1C. The molecule has 0 saturated carbocycles. The summed E-state index contributed by atoms with van der Waals surface area (Å²) in [7, 11) is -3.12. The van der Waals surface area contributed by atoms with Crippen LogP contribution in [-0.2, 0) is 19.4 Å². The number of carbonyl (C=O) groups is 2. The van der Waals surface area contributed by atoms with Gasteiger partial charge in [0, 0.05) is 18.8 Å². The first-order valence-electron chi connectivity index (χ1n) is 6.69. The van der Waals surface area contributed by atoms with Gasteiger partial charge in [0.15, 0.2) is 9.84 Å². The van der Waals surface area contributed by atoms with E-state index in [9.17, 15) is 18.0 Å². The Balaban J connectivity index is 2.11. The second-order valence-electron chi connectivity index (χ2n) is 5.13. The first-order valence-corrected chi connectivity index (χ1v) is 8.51. The van der Waals surface area contributed by atoms with Gasteiger partial charge < -0.3 is 9.80 Å². The van der Waals surface area contributed by atoms with Crippen molar-refractivity contribution >= 4 is 21.7 Å². The topological polar surface area (TPSA) is 74.8 Å². The molecule has 2 heterocycles. The Labute approximate surface area is 113 Å². The van der Waals surface area contributed by atoms with E-state index in [-0.39, 0.29) is 35.9 Å². The third-order valence-electron chi connectivity index (χ3n) is 4.01. The molecule has 0 aromatic carbocycles. The zero-order valence-electron chi connectivity index (χ0n) is 11.3. The van der Waals surface area contributed by atoms with Crippen LogP contribution in [0.5, 0.6) is 0 Å². The number of sulfone groups is 1. The number of carbonyl (C=O) groups excluding carboxylic acids is 2. The van der Waals surface area contributed by atoms with Crippen molar-refractivity contribution in [2.45, 2.75) is 38.8 Å². The van der Waals surface area contributed by atoms with Crippen molar-refractivity contribution in [2.24, 2.45) is 0 Å². The summed E-state index contributed by atoms with van der Waals surface area (Å²) in [4.78, 5) is 27.5. The highest BCUT2D eigenvalue weighted by Gasteiger charge is 2.45. The molecule has 0 N–H and O–H groups in total. The van der Waals surface area contributed by atoms with E-state index < -0.39 is 15.9 Å². The van der Waals surface area contributed by atoms with Crippen molar-refractivity contribution in [2.75, 3.05) is 24.6 Å². The molecule has 6 nitrogen and oxygen atoms in total. The van der Waals surface area contributed by atoms with Gasteiger partial charge in [-0.15, -0.1) is 0 Å². The summed E-state index contributed by atoms with van der Waals surface area (Å²) in [6.07, 6.45) is 1.53. The van der Waals surface area contributed by atoms with Crippen LogP contribution in [0.3, 0.4) is 0 Å². The van der Waals surface area contributed by atoms with Crippen LogP contribution in [0.1, 0.15) is 26.7 Å². The summed E-state index contributed by atoms with van der Waals surface area (Å²) in [5.74, 6) is -0.168. The van der Waals surface area contributed by atoms with Crippen molar-refractivity contribution < 1.29 is 18.0 Å². The smallest absolute Gasteiger partial charge is 0.246 e. The molecule has 7 heteroatoms. The van der Waals surface area contributed by atoms with Gasteiger partial charge in [-0.3, -0.25) is 9.59 Å². The lowest BCUT2D eigenvalue weighted by molar-refractivity contribution is -0.158. The molecule has 2 amide bonds. The van der Waals surface area contributed by atoms with Crippen LogP contribution in [0, 0.1) is 0 Å². The number of rotatable bonds is 4. The Morgan fingerprint density at radius 3 is 2.58 bits per heavy atom. The predicted octanol–water partition coefficient (Wildman–Crippen LogP) is -0.357. The van der Waals surface area contributed by atoms with E-state index in [2.05, 4.69) is 0 Å². The molecule has 0 aromatic rings. The molecule has 2 aliphatic heterocycles. The van der Waals surface area contributed by atoms with Gasteiger partial charge in [0.05, 0.1) is 5.75 Å². The average Bonchev–Trinajstić information content (AvgIpc) is 2.85. The highest BCUT2D eigenvalue weighted by atomic mass is 32.2. The Morgan fingerprint density at radius 1 is 1.26 bits per heavy atom. The molecule has 0 aromatic heterocycles. The van der Waals surface area contributed by atoms with Crippen molar-refractivity contribution in [1.82, 2.24) is 9.80 Å². The maximum atomic E-state index is 12.3. The molecule has 2 aliphatic rings. The van der Waals surface area contributed by atoms with Gasteiger partial charge in [-0.1, -0.05) is 6.92 Å². The van der Waals surface area contributed by atoms with E-state index in [4.69, 9.17) is 0 Å². The number of amides is 2. The van der Waals surface area contributed by atoms with Gasteiger partial charge in [-0.05, 0) is 19.8 Å². The number of hydrogen-bond donors (Lipinski definition) is 0. The summed E-state index contributed by atoms with van der Waals surface area (Å²) >= 11 is 0. The Kier molecular flexibility index (Phi) is 3.85. The minimum absolute atomic E-state index is 0.0593. The fourth-order valence-corrected chi connectivity index (χ4v) is 3.49. The highest BCUT2D eigenvalue weighted by molar-refractivity contribution is 7.91. The lowest BCUT2D eigenvalue weighted by Gasteiger charge is -2.40. The van der Waals surface area contributed by atoms with Crippen molar-refractivity contribution in [3.63, 3.8) is 0 Å². The first-order chi connectivity index (χ1) is 8.87. The Morgan fingerprint density at radius 2 is 1.95 bits per heavy atom. The summed E-state index contributed by atoms with van der Waals surface area (Å²) in [6, 6.07) is -0.915. The first kappa shape index (κ1) is 14.3. The zero-order valence-corrected chi connectivity index (χ0v) is 12.1. The highest BCUT2D eigenvalue weighted by Crippen LogP contribution is 2.26. The summed E-state index contributed by atoms with van der Waals surface area (Å²) in [6.45, 7) is 4.01. The zero-order chi connectivity index (χ0) is 14.2. The van der Waals surface area contributed by atoms with Gasteiger partial charge in [-0.25, -0.2) is 8.42 Å². The quantitative estimate of drug-likeness (QED) is 0.708. The number of fused-ring (bicyclic) bond motifs is 1. The number of nitrogens with zero attached hydrogens (tertiary/aromatic N) is 2. The van der Waals surface area contributed by atoms with Crippen LogP contribution in [-0.4, -0.2) is 66.7 Å². The van der Waals surface area contributed by atoms with E-state index in [0.717, 1.165) is 6.42 Å². The fourth-order valence-electron chi connectivity index (χ4n) is 2.73. The van der Waals surface area contributed by atoms with Crippen molar-refractivity contribution in [3.8, 4) is 0 Å². The maximum absolute atomic E-state index is 12.3. The molecule has 2 saturated heterocycles. The molecular weight excluding hydrogens is 268 g/mol. The molecule has 2 fully saturated rings. The van der Waals surface area contributed by atoms with Gasteiger partial charge in [0.1, 0.15) is 12.1 Å². The third-order valence-corrected chi connectivity index (χ3v) is 5.70. The van der Waals surface area contributed by atoms with Gasteiger partial charge in [0.2, 0.25) is 11.8 Å². The van der Waals surface area contributed by atoms with Crippen LogP contribution in [0.2, 0.25) is 0 Å². The molecule has 0 aliphatic carbocycles. The summed E-state index contributed by atoms with van der Waals surface area (Å²) in [5, 5.41) is 0. The van der Waals surface area contributed by atoms with Crippen LogP contribution in [0.15, 0.2) is 0 Å². The molecule has 0 bridgehead atoms. The van der Waals surface area contributed by atoms with E-state index in [1.807, 2.05) is 0 Å². The van der Waals surface area contributed by atoms with Gasteiger partial charge in [0.25, 0.3) is 0 Å². The molecule has 2 unspecified atom stereocenters. The lowest BCUT2D eigenvalue weighted by Crippen LogP contribution is -2.62. The molecule has 0 spiro atoms. The molecule has 19 heavy (non-hydrogen) atoms. The lowest BCUT2D eigenvalue weighted by atomic mass is 10.1. The monoisotopic (exact) mass is 288 g/mol. The minimum atomic E-state index is -3.12. The van der Waals surface area contributed by atoms with Crippen LogP contribution < -0.4 is 0 Å². The molecule has 2 rings (SSSR count). The third kappa shape index (κ3) is 2.61. The second-order valence-corrected chi connectivity index (χ2v) is 7.61. The minimum Gasteiger partial charge on any atom is -0.329 e. The normalized spacial score (nSPS) is 27.9. The van der Waals surface area contributed by atoms with E-state index in [1.54, 1.807) is 18.7 Å². The second kappa shape index (κ2) is 5.11. The van der Waals surface area contributed by atoms with Crippen LogP contribution >= 0.6 is 0 Å². The average molecular weight is 288 g/mol. The fraction of sp³-hybridized carbons (Fsp3) is 0.833. The van der Waals surface area contributed by atoms with Crippen molar-refractivity contribution in [3.05, 3.63) is 0 Å². The van der Waals surface area contributed by atoms with Crippen molar-refractivity contribution in [1.29, 1.82) is 0 Å². The molecular formula is C12H20N2O4S. The maximum Gasteiger partial charge on any atom is 0.246 e. The standard InChI is InChI=1S/C12H20N2O4S/c1-3-19(17,18)8-7-13-9(2)11(15)14-6-4-5-10(14)12(13)16/h9-10H,3-8H2,1-2H3. The van der Waals surface area contributed by atoms with E-state index in [0.29, 0.717) is 13.0 Å². The largest absolute Gasteiger partial charge is 0.329 e. The van der Waals surface area contributed by atoms with Gasteiger partial charge >= 0.3 is 0 Å². The number of piperazine rings is 1. The predicted molar refractivity (Wildman–Crippen MR) is 70.2 cm³/mol. The van der Waals surface area contributed by atoms with E-state index in [1.165, 1.54) is 4.90 Å². The number of hydrogen-bond acceptors (Lipinski definition) is 4. The Bertz CT molecular complexity index is 488. The molecule has 2 atom stereocenters. The van der Waals surface area contributed by atoms with Crippen LogP contribution in [0.25, 0.3) is 0 Å². The Hall–Kier alpha value is -1.11. The summed E-state index contributed by atoms with van der Waals surface area (Å²) in [5.41, 5.74) is 0. The van der Waals surface area contributed by atoms with Gasteiger partial charge in [-0.2, -0.15) is 0 Å². The van der Waals surface area contributed by atoms with Crippen LogP contribution in [0.4, 0.5) is 0 Å². The molecule has 108 valence electrons. The van der Waals surface area contributed by atoms with E-state index >= 15 is 0 Å². The molecule has 0 radical (unpaired) electrons.